The molecule has 0 spiro atoms. The Morgan fingerprint density at radius 3 is 2.63 bits per heavy atom. The van der Waals surface area contributed by atoms with E-state index in [2.05, 4.69) is 15.4 Å². The Balaban J connectivity index is 1.44. The number of carbonyl (C=O) groups excluding carboxylic acids is 1. The van der Waals surface area contributed by atoms with E-state index in [1.54, 1.807) is 18.5 Å². The zero-order valence-electron chi connectivity index (χ0n) is 19.4. The summed E-state index contributed by atoms with van der Waals surface area (Å²) in [5, 5.41) is 7.58. The van der Waals surface area contributed by atoms with E-state index < -0.39 is 11.7 Å². The summed E-state index contributed by atoms with van der Waals surface area (Å²) in [6.07, 6.45) is 1.65. The van der Waals surface area contributed by atoms with Crippen molar-refractivity contribution in [3.8, 4) is 23.1 Å². The highest BCUT2D eigenvalue weighted by molar-refractivity contribution is 6.30. The lowest BCUT2D eigenvalue weighted by molar-refractivity contribution is -0.122. The number of rotatable bonds is 9. The summed E-state index contributed by atoms with van der Waals surface area (Å²) in [4.78, 5) is 29.1. The molecule has 0 aliphatic heterocycles. The first-order chi connectivity index (χ1) is 16.9. The first-order valence-electron chi connectivity index (χ1n) is 10.7. The van der Waals surface area contributed by atoms with Crippen molar-refractivity contribution in [3.63, 3.8) is 0 Å². The minimum Gasteiger partial charge on any atom is -0.493 e. The van der Waals surface area contributed by atoms with E-state index >= 15 is 0 Å². The molecule has 0 aliphatic rings. The smallest absolute Gasteiger partial charge is 0.437 e. The van der Waals surface area contributed by atoms with Gasteiger partial charge in [-0.25, -0.2) is 9.78 Å². The van der Waals surface area contributed by atoms with Gasteiger partial charge in [-0.3, -0.25) is 4.79 Å². The highest BCUT2D eigenvalue weighted by Crippen LogP contribution is 2.30. The first kappa shape index (κ1) is 24.1. The molecule has 1 N–H and O–H groups in total. The van der Waals surface area contributed by atoms with Gasteiger partial charge in [0.2, 0.25) is 5.91 Å². The molecule has 4 rings (SSSR count). The van der Waals surface area contributed by atoms with E-state index in [1.807, 2.05) is 41.8 Å². The number of methoxy groups -OCH3 is 2. The molecule has 10 nitrogen and oxygen atoms in total. The standard InChI is InChI=1S/C24H24ClN5O5/c1-15-21(27-14-29(15)12-16-7-9-18(25)10-8-16)23-28-30(24(32)35-23)13-20(31)26-11-17-5-4-6-19(33-2)22(17)34-3/h4-10,14H,11-13H2,1-3H3,(H,26,31). The molecule has 0 saturated heterocycles. The lowest BCUT2D eigenvalue weighted by atomic mass is 10.2. The minimum absolute atomic E-state index is 0.0459. The molecule has 1 amide bonds. The van der Waals surface area contributed by atoms with Gasteiger partial charge in [0.1, 0.15) is 12.2 Å². The fourth-order valence-corrected chi connectivity index (χ4v) is 3.71. The summed E-state index contributed by atoms with van der Waals surface area (Å²) in [6.45, 7) is 2.30. The molecule has 0 atom stereocenters. The van der Waals surface area contributed by atoms with Crippen molar-refractivity contribution in [1.82, 2.24) is 24.6 Å². The van der Waals surface area contributed by atoms with Gasteiger partial charge in [-0.1, -0.05) is 35.9 Å². The highest BCUT2D eigenvalue weighted by Gasteiger charge is 2.19. The van der Waals surface area contributed by atoms with Crippen LogP contribution in [0.4, 0.5) is 0 Å². The van der Waals surface area contributed by atoms with Gasteiger partial charge in [0.25, 0.3) is 5.89 Å². The molecule has 2 aromatic carbocycles. The second kappa shape index (κ2) is 10.5. The number of halogens is 1. The van der Waals surface area contributed by atoms with Crippen LogP contribution in [0.5, 0.6) is 11.5 Å². The number of aromatic nitrogens is 4. The third-order valence-corrected chi connectivity index (χ3v) is 5.68. The van der Waals surface area contributed by atoms with Crippen molar-refractivity contribution in [1.29, 1.82) is 0 Å². The molecule has 2 aromatic heterocycles. The average Bonchev–Trinajstić information content (AvgIpc) is 3.40. The number of para-hydroxylation sites is 1. The van der Waals surface area contributed by atoms with Gasteiger partial charge < -0.3 is 23.8 Å². The number of carbonyl (C=O) groups is 1. The summed E-state index contributed by atoms with van der Waals surface area (Å²) in [5.41, 5.74) is 2.97. The number of nitrogens with one attached hydrogen (secondary N) is 1. The van der Waals surface area contributed by atoms with Crippen molar-refractivity contribution >= 4 is 17.5 Å². The third-order valence-electron chi connectivity index (χ3n) is 5.43. The molecule has 0 fully saturated rings. The first-order valence-corrected chi connectivity index (χ1v) is 11.1. The van der Waals surface area contributed by atoms with E-state index in [4.69, 9.17) is 25.5 Å². The third kappa shape index (κ3) is 5.38. The number of imidazole rings is 1. The van der Waals surface area contributed by atoms with Crippen molar-refractivity contribution < 1.29 is 18.7 Å². The molecule has 182 valence electrons. The summed E-state index contributed by atoms with van der Waals surface area (Å²) < 4.78 is 18.8. The monoisotopic (exact) mass is 497 g/mol. The fourth-order valence-electron chi connectivity index (χ4n) is 3.58. The number of hydrogen-bond donors (Lipinski definition) is 1. The van der Waals surface area contributed by atoms with Gasteiger partial charge in [-0.05, 0) is 30.7 Å². The second-order valence-corrected chi connectivity index (χ2v) is 8.13. The van der Waals surface area contributed by atoms with Crippen molar-refractivity contribution in [3.05, 3.63) is 81.2 Å². The van der Waals surface area contributed by atoms with Crippen LogP contribution in [0.15, 0.2) is 58.0 Å². The number of hydrogen-bond acceptors (Lipinski definition) is 7. The van der Waals surface area contributed by atoms with E-state index in [9.17, 15) is 9.59 Å². The largest absolute Gasteiger partial charge is 0.493 e. The number of benzene rings is 2. The van der Waals surface area contributed by atoms with Gasteiger partial charge >= 0.3 is 5.76 Å². The van der Waals surface area contributed by atoms with Crippen LogP contribution in [0, 0.1) is 6.92 Å². The Morgan fingerprint density at radius 2 is 1.91 bits per heavy atom. The van der Waals surface area contributed by atoms with Gasteiger partial charge in [-0.2, -0.15) is 4.68 Å². The average molecular weight is 498 g/mol. The van der Waals surface area contributed by atoms with Crippen LogP contribution in [-0.2, 0) is 24.4 Å². The maximum atomic E-state index is 12.5. The SMILES string of the molecule is COc1cccc(CNC(=O)Cn2nc(-c3ncn(Cc4ccc(Cl)cc4)c3C)oc2=O)c1OC. The molecule has 11 heteroatoms. The van der Waals surface area contributed by atoms with Gasteiger partial charge in [-0.15, -0.1) is 5.10 Å². The van der Waals surface area contributed by atoms with Gasteiger partial charge in [0, 0.05) is 29.4 Å². The zero-order chi connectivity index (χ0) is 24.9. The predicted octanol–water partition coefficient (Wildman–Crippen LogP) is 3.04. The van der Waals surface area contributed by atoms with Crippen LogP contribution in [0.25, 0.3) is 11.6 Å². The summed E-state index contributed by atoms with van der Waals surface area (Å²) in [6, 6.07) is 12.9. The Morgan fingerprint density at radius 1 is 1.14 bits per heavy atom. The molecule has 2 heterocycles. The van der Waals surface area contributed by atoms with Crippen LogP contribution in [0.2, 0.25) is 5.02 Å². The summed E-state index contributed by atoms with van der Waals surface area (Å²) in [5.74, 6) is -0.0319. The van der Waals surface area contributed by atoms with Crippen LogP contribution < -0.4 is 20.5 Å². The maximum Gasteiger partial charge on any atom is 0.437 e. The normalized spacial score (nSPS) is 10.9. The minimum atomic E-state index is -0.749. The van der Waals surface area contributed by atoms with Crippen LogP contribution in [-0.4, -0.2) is 39.5 Å². The molecular weight excluding hydrogens is 474 g/mol. The van der Waals surface area contributed by atoms with Crippen molar-refractivity contribution in [2.75, 3.05) is 14.2 Å². The van der Waals surface area contributed by atoms with Gasteiger partial charge in [0.15, 0.2) is 11.5 Å². The maximum absolute atomic E-state index is 12.5. The van der Waals surface area contributed by atoms with Crippen LogP contribution >= 0.6 is 11.6 Å². The quantitative estimate of drug-likeness (QED) is 0.378. The zero-order valence-corrected chi connectivity index (χ0v) is 20.2. The molecule has 0 radical (unpaired) electrons. The molecule has 0 bridgehead atoms. The Kier molecular flexibility index (Phi) is 7.21. The predicted molar refractivity (Wildman–Crippen MR) is 129 cm³/mol. The van der Waals surface area contributed by atoms with E-state index in [-0.39, 0.29) is 19.0 Å². The summed E-state index contributed by atoms with van der Waals surface area (Å²) >= 11 is 5.95. The molecule has 4 aromatic rings. The molecule has 0 saturated carbocycles. The second-order valence-electron chi connectivity index (χ2n) is 7.69. The lowest BCUT2D eigenvalue weighted by Crippen LogP contribution is -2.31. The van der Waals surface area contributed by atoms with Crippen molar-refractivity contribution in [2.24, 2.45) is 0 Å². The Bertz CT molecular complexity index is 1390. The van der Waals surface area contributed by atoms with Crippen molar-refractivity contribution in [2.45, 2.75) is 26.6 Å². The topological polar surface area (TPSA) is 113 Å². The highest BCUT2D eigenvalue weighted by atomic mass is 35.5. The number of nitrogens with zero attached hydrogens (tertiary/aromatic N) is 4. The number of amides is 1. The fraction of sp³-hybridized carbons (Fsp3) is 0.250. The van der Waals surface area contributed by atoms with Crippen LogP contribution in [0.1, 0.15) is 16.8 Å². The summed E-state index contributed by atoms with van der Waals surface area (Å²) in [7, 11) is 3.07. The van der Waals surface area contributed by atoms with E-state index in [1.165, 1.54) is 14.2 Å². The molecule has 35 heavy (non-hydrogen) atoms. The lowest BCUT2D eigenvalue weighted by Gasteiger charge is -2.13. The molecular formula is C24H24ClN5O5. The Labute approximate surface area is 206 Å². The van der Waals surface area contributed by atoms with Crippen LogP contribution in [0.3, 0.4) is 0 Å². The Hall–Kier alpha value is -4.05. The van der Waals surface area contributed by atoms with E-state index in [0.717, 1.165) is 21.5 Å². The molecule has 0 unspecified atom stereocenters. The number of ether oxygens (including phenoxy) is 2. The van der Waals surface area contributed by atoms with E-state index in [0.29, 0.717) is 28.8 Å². The molecule has 0 aliphatic carbocycles. The van der Waals surface area contributed by atoms with Gasteiger partial charge in [0.05, 0.1) is 20.5 Å².